The van der Waals surface area contributed by atoms with Gasteiger partial charge >= 0.3 is 0 Å². The summed E-state index contributed by atoms with van der Waals surface area (Å²) < 4.78 is 12.4. The summed E-state index contributed by atoms with van der Waals surface area (Å²) in [6.45, 7) is -1.28. The first-order chi connectivity index (χ1) is 17.4. The second-order valence-electron chi connectivity index (χ2n) is 8.75. The third kappa shape index (κ3) is 6.99. The summed E-state index contributed by atoms with van der Waals surface area (Å²) in [6.07, 6.45) is -0.175. The standard InChI is InChI=1S/C27H32O9/c28-13-3-4-17-7-10-19(11-8-17)35-25-14-18(26(33)21(31)15-29)9-12-24(25)36-23-6-2-1-5-20(23)27(34)22(32)16-30/h1-8,10-11,13,18,21-22,24-26,29-33H,9,12,14-16H2. The summed E-state index contributed by atoms with van der Waals surface area (Å²) in [4.78, 5) is 23.1. The lowest BCUT2D eigenvalue weighted by atomic mass is 9.80. The minimum Gasteiger partial charge on any atom is -0.487 e. The van der Waals surface area contributed by atoms with Gasteiger partial charge in [-0.15, -0.1) is 0 Å². The first-order valence-electron chi connectivity index (χ1n) is 11.8. The third-order valence-electron chi connectivity index (χ3n) is 6.28. The Balaban J connectivity index is 1.84. The molecule has 0 aromatic heterocycles. The van der Waals surface area contributed by atoms with Crippen LogP contribution >= 0.6 is 0 Å². The Morgan fingerprint density at radius 2 is 1.67 bits per heavy atom. The lowest BCUT2D eigenvalue weighted by Crippen LogP contribution is -2.47. The summed E-state index contributed by atoms with van der Waals surface area (Å²) in [5.74, 6) is -0.272. The van der Waals surface area contributed by atoms with E-state index in [0.717, 1.165) is 5.56 Å². The Hall–Kier alpha value is -3.08. The van der Waals surface area contributed by atoms with Gasteiger partial charge in [-0.05, 0) is 61.1 Å². The van der Waals surface area contributed by atoms with Crippen LogP contribution in [0.5, 0.6) is 11.5 Å². The van der Waals surface area contributed by atoms with Crippen LogP contribution in [0, 0.1) is 5.92 Å². The largest absolute Gasteiger partial charge is 0.487 e. The number of benzene rings is 2. The maximum absolute atomic E-state index is 12.5. The lowest BCUT2D eigenvalue weighted by molar-refractivity contribution is -0.104. The van der Waals surface area contributed by atoms with Gasteiger partial charge in [0.2, 0.25) is 0 Å². The van der Waals surface area contributed by atoms with Gasteiger partial charge < -0.3 is 35.0 Å². The Kier molecular flexibility index (Phi) is 10.2. The second kappa shape index (κ2) is 13.3. The van der Waals surface area contributed by atoms with Crippen molar-refractivity contribution < 1.29 is 44.6 Å². The molecule has 0 radical (unpaired) electrons. The number of carbonyl (C=O) groups is 2. The number of aldehydes is 1. The van der Waals surface area contributed by atoms with Gasteiger partial charge in [-0.2, -0.15) is 0 Å². The van der Waals surface area contributed by atoms with Gasteiger partial charge in [-0.1, -0.05) is 30.3 Å². The third-order valence-corrected chi connectivity index (χ3v) is 6.28. The van der Waals surface area contributed by atoms with E-state index in [2.05, 4.69) is 0 Å². The molecule has 1 aliphatic carbocycles. The average Bonchev–Trinajstić information content (AvgIpc) is 2.92. The van der Waals surface area contributed by atoms with Crippen molar-refractivity contribution in [2.24, 2.45) is 5.92 Å². The van der Waals surface area contributed by atoms with Crippen molar-refractivity contribution in [3.05, 3.63) is 65.7 Å². The zero-order valence-corrected chi connectivity index (χ0v) is 19.7. The smallest absolute Gasteiger partial charge is 0.197 e. The Bertz CT molecular complexity index is 1020. The molecule has 36 heavy (non-hydrogen) atoms. The Morgan fingerprint density at radius 3 is 2.33 bits per heavy atom. The number of ether oxygens (including phenoxy) is 2. The van der Waals surface area contributed by atoms with Gasteiger partial charge in [-0.3, -0.25) is 9.59 Å². The van der Waals surface area contributed by atoms with E-state index in [1.807, 2.05) is 0 Å². The van der Waals surface area contributed by atoms with Gasteiger partial charge in [0.15, 0.2) is 5.78 Å². The number of hydrogen-bond donors (Lipinski definition) is 5. The summed E-state index contributed by atoms with van der Waals surface area (Å²) >= 11 is 0. The van der Waals surface area contributed by atoms with Gasteiger partial charge in [-0.25, -0.2) is 0 Å². The van der Waals surface area contributed by atoms with Crippen LogP contribution in [0.4, 0.5) is 0 Å². The zero-order chi connectivity index (χ0) is 26.1. The Morgan fingerprint density at radius 1 is 0.944 bits per heavy atom. The molecule has 194 valence electrons. The molecule has 1 fully saturated rings. The number of hydrogen-bond acceptors (Lipinski definition) is 9. The van der Waals surface area contributed by atoms with Crippen LogP contribution in [0.1, 0.15) is 35.2 Å². The quantitative estimate of drug-likeness (QED) is 0.164. The van der Waals surface area contributed by atoms with E-state index in [4.69, 9.17) is 9.47 Å². The molecule has 0 aliphatic heterocycles. The number of allylic oxidation sites excluding steroid dienone is 1. The number of carbonyl (C=O) groups excluding carboxylic acids is 2. The number of rotatable bonds is 12. The van der Waals surface area contributed by atoms with Crippen molar-refractivity contribution in [2.75, 3.05) is 13.2 Å². The van der Waals surface area contributed by atoms with Crippen molar-refractivity contribution >= 4 is 18.1 Å². The van der Waals surface area contributed by atoms with Crippen LogP contribution in [0.25, 0.3) is 6.08 Å². The molecule has 6 atom stereocenters. The van der Waals surface area contributed by atoms with Gasteiger partial charge in [0.05, 0.1) is 24.9 Å². The van der Waals surface area contributed by atoms with Crippen LogP contribution in [0.3, 0.4) is 0 Å². The van der Waals surface area contributed by atoms with Crippen LogP contribution < -0.4 is 9.47 Å². The van der Waals surface area contributed by atoms with E-state index in [-0.39, 0.29) is 17.2 Å². The topological polar surface area (TPSA) is 154 Å². The van der Waals surface area contributed by atoms with Crippen molar-refractivity contribution in [1.29, 1.82) is 0 Å². The highest BCUT2D eigenvalue weighted by atomic mass is 16.5. The minimum absolute atomic E-state index is 0.127. The summed E-state index contributed by atoms with van der Waals surface area (Å²) in [7, 11) is 0. The minimum atomic E-state index is -1.57. The molecule has 0 saturated heterocycles. The van der Waals surface area contributed by atoms with Crippen LogP contribution in [-0.4, -0.2) is 81.3 Å². The molecule has 1 saturated carbocycles. The number of Topliss-reactive ketones (excluding diaryl/α,β-unsaturated/α-hetero) is 1. The monoisotopic (exact) mass is 500 g/mol. The first-order valence-corrected chi connectivity index (χ1v) is 11.8. The fourth-order valence-corrected chi connectivity index (χ4v) is 4.30. The maximum atomic E-state index is 12.5. The molecule has 1 aliphatic rings. The van der Waals surface area contributed by atoms with E-state index >= 15 is 0 Å². The zero-order valence-electron chi connectivity index (χ0n) is 19.7. The van der Waals surface area contributed by atoms with Crippen LogP contribution in [0.2, 0.25) is 0 Å². The molecular formula is C27H32O9. The van der Waals surface area contributed by atoms with Gasteiger partial charge in [0.25, 0.3) is 0 Å². The number of para-hydroxylation sites is 1. The first kappa shape index (κ1) is 27.5. The predicted octanol–water partition coefficient (Wildman–Crippen LogP) is 1.14. The fraction of sp³-hybridized carbons (Fsp3) is 0.407. The van der Waals surface area contributed by atoms with E-state index in [1.165, 1.54) is 12.1 Å². The Labute approximate surface area is 209 Å². The molecule has 2 aromatic rings. The number of aliphatic hydroxyl groups is 5. The highest BCUT2D eigenvalue weighted by molar-refractivity contribution is 6.01. The fourth-order valence-electron chi connectivity index (χ4n) is 4.30. The van der Waals surface area contributed by atoms with Gasteiger partial charge in [0, 0.05) is 0 Å². The van der Waals surface area contributed by atoms with Crippen molar-refractivity contribution in [3.8, 4) is 11.5 Å². The molecule has 6 unspecified atom stereocenters. The highest BCUT2D eigenvalue weighted by Gasteiger charge is 2.39. The van der Waals surface area contributed by atoms with Crippen LogP contribution in [-0.2, 0) is 4.79 Å². The van der Waals surface area contributed by atoms with Gasteiger partial charge in [0.1, 0.15) is 42.2 Å². The molecule has 0 spiro atoms. The molecule has 0 amide bonds. The maximum Gasteiger partial charge on any atom is 0.197 e. The molecule has 0 heterocycles. The highest BCUT2D eigenvalue weighted by Crippen LogP contribution is 2.34. The van der Waals surface area contributed by atoms with Crippen molar-refractivity contribution in [1.82, 2.24) is 0 Å². The molecule has 9 heteroatoms. The average molecular weight is 501 g/mol. The molecular weight excluding hydrogens is 468 g/mol. The number of ketones is 1. The normalized spacial score (nSPS) is 22.5. The van der Waals surface area contributed by atoms with E-state index in [9.17, 15) is 35.1 Å². The predicted molar refractivity (Wildman–Crippen MR) is 131 cm³/mol. The molecule has 9 nitrogen and oxygen atoms in total. The summed E-state index contributed by atoms with van der Waals surface area (Å²) in [5.41, 5.74) is 0.933. The van der Waals surface area contributed by atoms with Crippen LogP contribution in [0.15, 0.2) is 54.6 Å². The van der Waals surface area contributed by atoms with E-state index < -0.39 is 49.5 Å². The van der Waals surface area contributed by atoms with Crippen molar-refractivity contribution in [3.63, 3.8) is 0 Å². The summed E-state index contributed by atoms with van der Waals surface area (Å²) in [6, 6.07) is 13.4. The molecule has 3 rings (SSSR count). The lowest BCUT2D eigenvalue weighted by Gasteiger charge is -2.39. The molecule has 2 aromatic carbocycles. The second-order valence-corrected chi connectivity index (χ2v) is 8.75. The van der Waals surface area contributed by atoms with E-state index in [1.54, 1.807) is 48.5 Å². The SMILES string of the molecule is O=CC=Cc1ccc(OC2CC(C(O)C(O)CO)CCC2Oc2ccccc2C(=O)C(O)CO)cc1. The molecule has 0 bridgehead atoms. The number of aliphatic hydroxyl groups excluding tert-OH is 5. The van der Waals surface area contributed by atoms with E-state index in [0.29, 0.717) is 31.3 Å². The summed E-state index contributed by atoms with van der Waals surface area (Å²) in [5, 5.41) is 48.7. The molecule has 5 N–H and O–H groups in total. The van der Waals surface area contributed by atoms with Crippen molar-refractivity contribution in [2.45, 2.75) is 49.8 Å².